The summed E-state index contributed by atoms with van der Waals surface area (Å²) < 4.78 is 6.44. The van der Waals surface area contributed by atoms with Crippen LogP contribution in [0.5, 0.6) is 0 Å². The van der Waals surface area contributed by atoms with Gasteiger partial charge in [0.15, 0.2) is 0 Å². The van der Waals surface area contributed by atoms with Crippen molar-refractivity contribution in [2.24, 2.45) is 0 Å². The maximum Gasteiger partial charge on any atom is 0.137 e. The summed E-state index contributed by atoms with van der Waals surface area (Å²) >= 11 is 0. The molecule has 0 spiro atoms. The summed E-state index contributed by atoms with van der Waals surface area (Å²) in [7, 11) is 0. The predicted octanol–water partition coefficient (Wildman–Crippen LogP) is 15.5. The van der Waals surface area contributed by atoms with Gasteiger partial charge in [-0.1, -0.05) is 164 Å². The van der Waals surface area contributed by atoms with Crippen LogP contribution in [0.25, 0.3) is 87.6 Å². The third-order valence-electron chi connectivity index (χ3n) is 11.2. The molecule has 1 aromatic heterocycles. The minimum atomic E-state index is 0.865. The van der Waals surface area contributed by atoms with Crippen molar-refractivity contribution in [2.45, 2.75) is 0 Å². The fraction of sp³-hybridized carbons (Fsp3) is 0. The van der Waals surface area contributed by atoms with Gasteiger partial charge in [-0.15, -0.1) is 0 Å². The Morgan fingerprint density at radius 1 is 0.304 bits per heavy atom. The molecule has 0 fully saturated rings. The van der Waals surface area contributed by atoms with Crippen LogP contribution in [-0.2, 0) is 0 Å². The number of para-hydroxylation sites is 2. The summed E-state index contributed by atoms with van der Waals surface area (Å²) in [5, 5.41) is 9.74. The van der Waals surface area contributed by atoms with E-state index in [-0.39, 0.29) is 0 Å². The van der Waals surface area contributed by atoms with Gasteiger partial charge in [-0.2, -0.15) is 0 Å². The molecule has 10 aromatic carbocycles. The number of hydrogen-bond acceptors (Lipinski definition) is 2. The molecule has 0 N–H and O–H groups in total. The first-order chi connectivity index (χ1) is 27.7. The van der Waals surface area contributed by atoms with Crippen LogP contribution in [0.15, 0.2) is 217 Å². The molecule has 56 heavy (non-hydrogen) atoms. The molecular weight excluding hydrogens is 679 g/mol. The molecule has 0 aliphatic heterocycles. The Morgan fingerprint density at radius 2 is 0.875 bits per heavy atom. The lowest BCUT2D eigenvalue weighted by atomic mass is 9.95. The number of nitrogens with zero attached hydrogens (tertiary/aromatic N) is 1. The Bertz CT molecular complexity index is 3260. The smallest absolute Gasteiger partial charge is 0.137 e. The van der Waals surface area contributed by atoms with Gasteiger partial charge in [0.05, 0.1) is 16.8 Å². The Hall–Kier alpha value is -7.42. The van der Waals surface area contributed by atoms with E-state index in [2.05, 4.69) is 211 Å². The standard InChI is InChI=1S/C54H35NO/c1-2-13-40-33-43(29-25-36(40)11-1)41-14-9-15-45(35-41)55(51-20-10-22-53-54(51)49-18-6-8-21-52(49)56-53)50-19-7-5-17-48(50)39-26-23-37(24-27-39)42-31-32-47-44(34-42)30-28-38-12-3-4-16-46(38)47/h1-35H. The number of furan rings is 1. The van der Waals surface area contributed by atoms with Crippen molar-refractivity contribution in [3.63, 3.8) is 0 Å². The fourth-order valence-corrected chi connectivity index (χ4v) is 8.49. The summed E-state index contributed by atoms with van der Waals surface area (Å²) in [6.45, 7) is 0. The summed E-state index contributed by atoms with van der Waals surface area (Å²) in [6.07, 6.45) is 0. The molecule has 262 valence electrons. The van der Waals surface area contributed by atoms with Crippen molar-refractivity contribution in [3.05, 3.63) is 212 Å². The van der Waals surface area contributed by atoms with Crippen molar-refractivity contribution in [2.75, 3.05) is 4.90 Å². The highest BCUT2D eigenvalue weighted by Gasteiger charge is 2.22. The topological polar surface area (TPSA) is 16.4 Å². The molecule has 2 nitrogen and oxygen atoms in total. The second-order valence-electron chi connectivity index (χ2n) is 14.5. The van der Waals surface area contributed by atoms with E-state index in [0.29, 0.717) is 0 Å². The lowest BCUT2D eigenvalue weighted by Crippen LogP contribution is -2.11. The van der Waals surface area contributed by atoms with Crippen LogP contribution in [0.1, 0.15) is 0 Å². The van der Waals surface area contributed by atoms with Crippen LogP contribution >= 0.6 is 0 Å². The largest absolute Gasteiger partial charge is 0.456 e. The van der Waals surface area contributed by atoms with E-state index in [4.69, 9.17) is 4.42 Å². The van der Waals surface area contributed by atoms with Gasteiger partial charge in [0.1, 0.15) is 11.2 Å². The zero-order valence-electron chi connectivity index (χ0n) is 30.6. The summed E-state index contributed by atoms with van der Waals surface area (Å²) in [5.74, 6) is 0. The van der Waals surface area contributed by atoms with E-state index in [9.17, 15) is 0 Å². The average molecular weight is 714 g/mol. The molecule has 0 bridgehead atoms. The second kappa shape index (κ2) is 13.2. The molecule has 0 saturated carbocycles. The molecule has 11 aromatic rings. The Labute approximate surface area is 325 Å². The van der Waals surface area contributed by atoms with Crippen LogP contribution in [0.4, 0.5) is 17.1 Å². The molecule has 2 heteroatoms. The minimum absolute atomic E-state index is 0.865. The second-order valence-corrected chi connectivity index (χ2v) is 14.5. The first kappa shape index (κ1) is 32.0. The molecule has 1 heterocycles. The van der Waals surface area contributed by atoms with Gasteiger partial charge in [0.25, 0.3) is 0 Å². The number of anilines is 3. The van der Waals surface area contributed by atoms with Gasteiger partial charge in [0, 0.05) is 16.6 Å². The van der Waals surface area contributed by atoms with Crippen LogP contribution in [0, 0.1) is 0 Å². The maximum absolute atomic E-state index is 6.44. The number of fused-ring (bicyclic) bond motifs is 7. The average Bonchev–Trinajstić information content (AvgIpc) is 3.66. The monoisotopic (exact) mass is 713 g/mol. The van der Waals surface area contributed by atoms with Gasteiger partial charge in [-0.3, -0.25) is 0 Å². The van der Waals surface area contributed by atoms with Gasteiger partial charge in [-0.25, -0.2) is 0 Å². The fourth-order valence-electron chi connectivity index (χ4n) is 8.49. The SMILES string of the molecule is c1cc(-c2ccc3ccccc3c2)cc(N(c2ccccc2-c2ccc(-c3ccc4c(ccc5ccccc54)c3)cc2)c2cccc3oc4ccccc4c23)c1. The zero-order chi connectivity index (χ0) is 37.0. The van der Waals surface area contributed by atoms with E-state index >= 15 is 0 Å². The summed E-state index contributed by atoms with van der Waals surface area (Å²) in [5.41, 5.74) is 12.0. The summed E-state index contributed by atoms with van der Waals surface area (Å²) in [6, 6.07) is 76.6. The van der Waals surface area contributed by atoms with Crippen molar-refractivity contribution in [1.82, 2.24) is 0 Å². The number of hydrogen-bond donors (Lipinski definition) is 0. The number of rotatable bonds is 6. The van der Waals surface area contributed by atoms with E-state index in [1.807, 2.05) is 6.07 Å². The van der Waals surface area contributed by atoms with E-state index in [0.717, 1.165) is 55.7 Å². The van der Waals surface area contributed by atoms with Crippen LogP contribution in [-0.4, -0.2) is 0 Å². The van der Waals surface area contributed by atoms with E-state index in [1.54, 1.807) is 0 Å². The molecule has 0 amide bonds. The minimum Gasteiger partial charge on any atom is -0.456 e. The molecule has 0 saturated heterocycles. The Kier molecular flexibility index (Phi) is 7.53. The number of benzene rings is 10. The molecule has 0 unspecified atom stereocenters. The van der Waals surface area contributed by atoms with Gasteiger partial charge >= 0.3 is 0 Å². The molecule has 0 aliphatic carbocycles. The van der Waals surface area contributed by atoms with Gasteiger partial charge in [0.2, 0.25) is 0 Å². The third-order valence-corrected chi connectivity index (χ3v) is 11.2. The van der Waals surface area contributed by atoms with E-state index < -0.39 is 0 Å². The maximum atomic E-state index is 6.44. The Morgan fingerprint density at radius 3 is 1.79 bits per heavy atom. The lowest BCUT2D eigenvalue weighted by Gasteiger charge is -2.29. The first-order valence-electron chi connectivity index (χ1n) is 19.2. The lowest BCUT2D eigenvalue weighted by molar-refractivity contribution is 0.669. The molecule has 0 atom stereocenters. The predicted molar refractivity (Wildman–Crippen MR) is 237 cm³/mol. The Balaban J connectivity index is 1.06. The van der Waals surface area contributed by atoms with Crippen LogP contribution < -0.4 is 4.90 Å². The van der Waals surface area contributed by atoms with Crippen molar-refractivity contribution in [1.29, 1.82) is 0 Å². The van der Waals surface area contributed by atoms with Gasteiger partial charge < -0.3 is 9.32 Å². The highest BCUT2D eigenvalue weighted by atomic mass is 16.3. The highest BCUT2D eigenvalue weighted by Crippen LogP contribution is 2.46. The first-order valence-corrected chi connectivity index (χ1v) is 19.2. The van der Waals surface area contributed by atoms with Crippen molar-refractivity contribution in [3.8, 4) is 33.4 Å². The molecule has 11 rings (SSSR count). The molecule has 0 aliphatic rings. The van der Waals surface area contributed by atoms with E-state index in [1.165, 1.54) is 49.0 Å². The molecule has 0 radical (unpaired) electrons. The zero-order valence-corrected chi connectivity index (χ0v) is 30.6. The van der Waals surface area contributed by atoms with Crippen molar-refractivity contribution >= 4 is 71.3 Å². The van der Waals surface area contributed by atoms with Crippen LogP contribution in [0.2, 0.25) is 0 Å². The quantitative estimate of drug-likeness (QED) is 0.160. The summed E-state index contributed by atoms with van der Waals surface area (Å²) in [4.78, 5) is 2.41. The van der Waals surface area contributed by atoms with Crippen LogP contribution in [0.3, 0.4) is 0 Å². The third kappa shape index (κ3) is 5.42. The van der Waals surface area contributed by atoms with Crippen molar-refractivity contribution < 1.29 is 4.42 Å². The normalized spacial score (nSPS) is 11.6. The molecular formula is C54H35NO. The van der Waals surface area contributed by atoms with Gasteiger partial charge in [-0.05, 0) is 109 Å². The highest BCUT2D eigenvalue weighted by molar-refractivity contribution is 6.14.